The van der Waals surface area contributed by atoms with Crippen LogP contribution in [0.1, 0.15) is 13.3 Å². The molecule has 1 aromatic rings. The van der Waals surface area contributed by atoms with E-state index in [-0.39, 0.29) is 0 Å². The van der Waals surface area contributed by atoms with Crippen LogP contribution in [0.3, 0.4) is 0 Å². The predicted molar refractivity (Wildman–Crippen MR) is 56.2 cm³/mol. The summed E-state index contributed by atoms with van der Waals surface area (Å²) >= 11 is 5.01. The first-order chi connectivity index (χ1) is 5.88. The Morgan fingerprint density at radius 2 is 2.42 bits per heavy atom. The van der Waals surface area contributed by atoms with Gasteiger partial charge in [-0.2, -0.15) is 0 Å². The molecule has 0 radical (unpaired) electrons. The van der Waals surface area contributed by atoms with E-state index >= 15 is 0 Å². The fraction of sp³-hybridized carbons (Fsp3) is 0.714. The zero-order chi connectivity index (χ0) is 8.81. The molecule has 0 aromatic carbocycles. The Kier molecular flexibility index (Phi) is 4.53. The third-order valence-corrected chi connectivity index (χ3v) is 2.57. The Balaban J connectivity index is 2.53. The first kappa shape index (κ1) is 9.92. The third-order valence-electron chi connectivity index (χ3n) is 1.47. The fourth-order valence-corrected chi connectivity index (χ4v) is 2.02. The Hall–Kier alpha value is -0.160. The number of hydrogen-bond donors (Lipinski definition) is 0. The Morgan fingerprint density at radius 3 is 2.92 bits per heavy atom. The molecule has 1 aromatic heterocycles. The highest BCUT2D eigenvalue weighted by Crippen LogP contribution is 2.15. The second-order valence-corrected chi connectivity index (χ2v) is 4.00. The molecule has 0 saturated heterocycles. The van der Waals surface area contributed by atoms with Gasteiger partial charge in [-0.25, -0.2) is 0 Å². The average molecular weight is 250 g/mol. The van der Waals surface area contributed by atoms with Gasteiger partial charge in [0.25, 0.3) is 0 Å². The van der Waals surface area contributed by atoms with Crippen LogP contribution >= 0.6 is 27.3 Å². The van der Waals surface area contributed by atoms with Crippen molar-refractivity contribution in [1.29, 1.82) is 0 Å². The standard InChI is InChI=1S/C7H12BrN3S/c1-2-4-11(5-3-8)7-10-9-6-12-7/h6H,2-5H2,1H3. The van der Waals surface area contributed by atoms with Crippen molar-refractivity contribution in [2.75, 3.05) is 23.3 Å². The zero-order valence-corrected chi connectivity index (χ0v) is 9.44. The van der Waals surface area contributed by atoms with Crippen LogP contribution in [0, 0.1) is 0 Å². The van der Waals surface area contributed by atoms with Gasteiger partial charge in [0.05, 0.1) is 0 Å². The van der Waals surface area contributed by atoms with Gasteiger partial charge in [0.1, 0.15) is 5.51 Å². The van der Waals surface area contributed by atoms with E-state index in [9.17, 15) is 0 Å². The monoisotopic (exact) mass is 249 g/mol. The lowest BCUT2D eigenvalue weighted by Gasteiger charge is -2.18. The maximum Gasteiger partial charge on any atom is 0.208 e. The molecular weight excluding hydrogens is 238 g/mol. The lowest BCUT2D eigenvalue weighted by Crippen LogP contribution is -2.25. The van der Waals surface area contributed by atoms with E-state index in [1.54, 1.807) is 16.8 Å². The van der Waals surface area contributed by atoms with Gasteiger partial charge < -0.3 is 4.90 Å². The van der Waals surface area contributed by atoms with E-state index in [0.717, 1.165) is 30.0 Å². The molecule has 0 aliphatic carbocycles. The second kappa shape index (κ2) is 5.48. The van der Waals surface area contributed by atoms with E-state index in [1.165, 1.54) is 0 Å². The predicted octanol–water partition coefficient (Wildman–Crippen LogP) is 2.15. The van der Waals surface area contributed by atoms with Crippen molar-refractivity contribution in [2.24, 2.45) is 0 Å². The maximum atomic E-state index is 4.03. The molecule has 1 rings (SSSR count). The van der Waals surface area contributed by atoms with Crippen LogP contribution in [0.5, 0.6) is 0 Å². The molecule has 12 heavy (non-hydrogen) atoms. The van der Waals surface area contributed by atoms with Gasteiger partial charge in [-0.15, -0.1) is 10.2 Å². The van der Waals surface area contributed by atoms with Gasteiger partial charge in [0.2, 0.25) is 5.13 Å². The molecule has 3 nitrogen and oxygen atoms in total. The Labute approximate surface area is 84.9 Å². The van der Waals surface area contributed by atoms with Crippen molar-refractivity contribution in [1.82, 2.24) is 10.2 Å². The second-order valence-electron chi connectivity index (χ2n) is 2.40. The summed E-state index contributed by atoms with van der Waals surface area (Å²) in [6.45, 7) is 4.23. The quantitative estimate of drug-likeness (QED) is 0.750. The average Bonchev–Trinajstić information content (AvgIpc) is 2.56. The lowest BCUT2D eigenvalue weighted by molar-refractivity contribution is 0.786. The number of rotatable bonds is 5. The summed E-state index contributed by atoms with van der Waals surface area (Å²) in [5.41, 5.74) is 1.77. The van der Waals surface area contributed by atoms with Crippen LogP contribution < -0.4 is 4.90 Å². The molecule has 5 heteroatoms. The minimum absolute atomic E-state index is 0.979. The zero-order valence-electron chi connectivity index (χ0n) is 7.03. The van der Waals surface area contributed by atoms with Gasteiger partial charge in [-0.1, -0.05) is 34.2 Å². The van der Waals surface area contributed by atoms with Crippen LogP contribution in [0.25, 0.3) is 0 Å². The summed E-state index contributed by atoms with van der Waals surface area (Å²) in [4.78, 5) is 2.24. The topological polar surface area (TPSA) is 29.0 Å². The highest BCUT2D eigenvalue weighted by atomic mass is 79.9. The highest BCUT2D eigenvalue weighted by molar-refractivity contribution is 9.09. The highest BCUT2D eigenvalue weighted by Gasteiger charge is 2.06. The van der Waals surface area contributed by atoms with E-state index in [4.69, 9.17) is 0 Å². The van der Waals surface area contributed by atoms with E-state index in [0.29, 0.717) is 0 Å². The van der Waals surface area contributed by atoms with Gasteiger partial charge >= 0.3 is 0 Å². The number of aromatic nitrogens is 2. The molecule has 0 unspecified atom stereocenters. The Morgan fingerprint density at radius 1 is 1.58 bits per heavy atom. The number of hydrogen-bond acceptors (Lipinski definition) is 4. The summed E-state index contributed by atoms with van der Waals surface area (Å²) < 4.78 is 0. The first-order valence-corrected chi connectivity index (χ1v) is 5.95. The van der Waals surface area contributed by atoms with Gasteiger partial charge in [0, 0.05) is 18.4 Å². The molecule has 0 N–H and O–H groups in total. The van der Waals surface area contributed by atoms with E-state index in [2.05, 4.69) is 38.0 Å². The molecule has 0 saturated carbocycles. The molecule has 1 heterocycles. The third kappa shape index (κ3) is 2.71. The van der Waals surface area contributed by atoms with Crippen molar-refractivity contribution >= 4 is 32.4 Å². The molecule has 0 spiro atoms. The number of alkyl halides is 1. The van der Waals surface area contributed by atoms with Crippen LogP contribution in [0.4, 0.5) is 5.13 Å². The van der Waals surface area contributed by atoms with Crippen molar-refractivity contribution in [3.05, 3.63) is 5.51 Å². The summed E-state index contributed by atoms with van der Waals surface area (Å²) in [6, 6.07) is 0. The molecule has 0 atom stereocenters. The van der Waals surface area contributed by atoms with Crippen LogP contribution in [0.2, 0.25) is 0 Å². The summed E-state index contributed by atoms with van der Waals surface area (Å²) in [6.07, 6.45) is 1.15. The molecule has 0 amide bonds. The van der Waals surface area contributed by atoms with Crippen molar-refractivity contribution < 1.29 is 0 Å². The molecule has 0 aliphatic rings. The van der Waals surface area contributed by atoms with Crippen LogP contribution in [-0.4, -0.2) is 28.6 Å². The fourth-order valence-electron chi connectivity index (χ4n) is 0.980. The number of anilines is 1. The summed E-state index contributed by atoms with van der Waals surface area (Å²) in [7, 11) is 0. The number of halogens is 1. The van der Waals surface area contributed by atoms with Crippen LogP contribution in [-0.2, 0) is 0 Å². The maximum absolute atomic E-state index is 4.03. The largest absolute Gasteiger partial charge is 0.346 e. The first-order valence-electron chi connectivity index (χ1n) is 3.95. The van der Waals surface area contributed by atoms with Crippen molar-refractivity contribution in [2.45, 2.75) is 13.3 Å². The van der Waals surface area contributed by atoms with E-state index < -0.39 is 0 Å². The normalized spacial score (nSPS) is 10.2. The van der Waals surface area contributed by atoms with E-state index in [1.807, 2.05) is 0 Å². The SMILES string of the molecule is CCCN(CCBr)c1nncs1. The molecule has 0 bridgehead atoms. The molecule has 0 aliphatic heterocycles. The molecule has 0 fully saturated rings. The van der Waals surface area contributed by atoms with Gasteiger partial charge in [-0.3, -0.25) is 0 Å². The molecule has 68 valence electrons. The lowest BCUT2D eigenvalue weighted by atomic mass is 10.4. The van der Waals surface area contributed by atoms with Crippen LogP contribution in [0.15, 0.2) is 5.51 Å². The van der Waals surface area contributed by atoms with Gasteiger partial charge in [-0.05, 0) is 6.42 Å². The smallest absolute Gasteiger partial charge is 0.208 e. The number of nitrogens with zero attached hydrogens (tertiary/aromatic N) is 3. The minimum Gasteiger partial charge on any atom is -0.346 e. The minimum atomic E-state index is 0.979. The summed E-state index contributed by atoms with van der Waals surface area (Å²) in [5.74, 6) is 0. The van der Waals surface area contributed by atoms with Gasteiger partial charge in [0.15, 0.2) is 0 Å². The molecular formula is C7H12BrN3S. The summed E-state index contributed by atoms with van der Waals surface area (Å²) in [5, 5.41) is 9.85. The Bertz CT molecular complexity index is 196. The van der Waals surface area contributed by atoms with Crippen molar-refractivity contribution in [3.8, 4) is 0 Å². The van der Waals surface area contributed by atoms with Crippen molar-refractivity contribution in [3.63, 3.8) is 0 Å².